The van der Waals surface area contributed by atoms with Gasteiger partial charge in [0.2, 0.25) is 0 Å². The molecule has 1 aromatic carbocycles. The molecule has 0 bridgehead atoms. The van der Waals surface area contributed by atoms with Crippen LogP contribution in [0.2, 0.25) is 0 Å². The molecule has 0 spiro atoms. The Labute approximate surface area is 128 Å². The highest BCUT2D eigenvalue weighted by Gasteiger charge is 2.22. The van der Waals surface area contributed by atoms with Gasteiger partial charge in [0.25, 0.3) is 5.91 Å². The Morgan fingerprint density at radius 1 is 1.47 bits per heavy atom. The molecule has 1 unspecified atom stereocenters. The number of morpholine rings is 1. The molecule has 0 saturated carbocycles. The monoisotopic (exact) mass is 392 g/mol. The number of halogens is 2. The Hall–Kier alpha value is -0.630. The lowest BCUT2D eigenvalue weighted by Gasteiger charge is -2.23. The Bertz CT molecular complexity index is 476. The number of carbonyl (C=O) groups excluding carboxylic acids is 1. The molecule has 1 heterocycles. The molecule has 1 aromatic rings. The molecule has 0 aliphatic carbocycles. The van der Waals surface area contributed by atoms with Crippen molar-refractivity contribution >= 4 is 43.5 Å². The summed E-state index contributed by atoms with van der Waals surface area (Å²) in [6.45, 7) is 1.85. The van der Waals surface area contributed by atoms with E-state index < -0.39 is 6.10 Å². The molecule has 2 rings (SSSR count). The highest BCUT2D eigenvalue weighted by Crippen LogP contribution is 2.34. The van der Waals surface area contributed by atoms with Crippen molar-refractivity contribution in [3.05, 3.63) is 21.1 Å². The van der Waals surface area contributed by atoms with Gasteiger partial charge in [-0.15, -0.1) is 0 Å². The van der Waals surface area contributed by atoms with E-state index in [0.717, 1.165) is 15.5 Å². The van der Waals surface area contributed by atoms with Crippen LogP contribution in [0.3, 0.4) is 0 Å². The van der Waals surface area contributed by atoms with Crippen molar-refractivity contribution in [2.45, 2.75) is 6.10 Å². The first-order valence-electron chi connectivity index (χ1n) is 5.78. The van der Waals surface area contributed by atoms with Crippen molar-refractivity contribution < 1.29 is 14.3 Å². The molecule has 104 valence electrons. The largest absolute Gasteiger partial charge is 0.495 e. The van der Waals surface area contributed by atoms with E-state index in [-0.39, 0.29) is 5.91 Å². The molecule has 0 radical (unpaired) electrons. The second-order valence-electron chi connectivity index (χ2n) is 4.02. The quantitative estimate of drug-likeness (QED) is 0.825. The maximum absolute atomic E-state index is 12.1. The molecule has 2 N–H and O–H groups in total. The summed E-state index contributed by atoms with van der Waals surface area (Å²) < 4.78 is 12.2. The van der Waals surface area contributed by atoms with Crippen LogP contribution >= 0.6 is 31.9 Å². The topological polar surface area (TPSA) is 59.6 Å². The summed E-state index contributed by atoms with van der Waals surface area (Å²) in [5, 5.41) is 5.95. The minimum atomic E-state index is -0.463. The average molecular weight is 394 g/mol. The molecule has 1 aliphatic rings. The molecular weight excluding hydrogens is 380 g/mol. The summed E-state index contributed by atoms with van der Waals surface area (Å²) in [6, 6.07) is 3.58. The van der Waals surface area contributed by atoms with Gasteiger partial charge in [-0.2, -0.15) is 0 Å². The smallest absolute Gasteiger partial charge is 0.254 e. The molecule has 1 amide bonds. The summed E-state index contributed by atoms with van der Waals surface area (Å²) in [4.78, 5) is 12.1. The Morgan fingerprint density at radius 3 is 2.89 bits per heavy atom. The number of ether oxygens (including phenoxy) is 2. The summed E-state index contributed by atoms with van der Waals surface area (Å²) in [5.74, 6) is 0.485. The van der Waals surface area contributed by atoms with Crippen molar-refractivity contribution in [2.75, 3.05) is 32.1 Å². The van der Waals surface area contributed by atoms with E-state index in [9.17, 15) is 4.79 Å². The van der Waals surface area contributed by atoms with Crippen molar-refractivity contribution in [1.82, 2.24) is 5.32 Å². The minimum Gasteiger partial charge on any atom is -0.495 e. The Morgan fingerprint density at radius 2 is 2.26 bits per heavy atom. The van der Waals surface area contributed by atoms with E-state index in [2.05, 4.69) is 42.5 Å². The van der Waals surface area contributed by atoms with E-state index in [1.807, 2.05) is 6.07 Å². The van der Waals surface area contributed by atoms with Crippen LogP contribution in [0.15, 0.2) is 21.1 Å². The number of hydrogen-bond acceptors (Lipinski definition) is 4. The van der Waals surface area contributed by atoms with Gasteiger partial charge < -0.3 is 20.1 Å². The lowest BCUT2D eigenvalue weighted by Crippen LogP contribution is -2.45. The van der Waals surface area contributed by atoms with Crippen LogP contribution in [0.4, 0.5) is 5.69 Å². The number of benzene rings is 1. The van der Waals surface area contributed by atoms with Gasteiger partial charge in [0.05, 0.1) is 23.9 Å². The van der Waals surface area contributed by atoms with Crippen molar-refractivity contribution in [3.8, 4) is 5.75 Å². The standard InChI is InChI=1S/C12H14Br2N2O3/c1-18-10-5-9(7(13)4-8(10)14)16-12(17)11-6-15-2-3-19-11/h4-5,11,15H,2-3,6H2,1H3,(H,16,17). The van der Waals surface area contributed by atoms with E-state index in [1.54, 1.807) is 13.2 Å². The van der Waals surface area contributed by atoms with Crippen LogP contribution in [-0.2, 0) is 9.53 Å². The summed E-state index contributed by atoms with van der Waals surface area (Å²) >= 11 is 6.79. The third kappa shape index (κ3) is 3.68. The molecule has 1 aliphatic heterocycles. The SMILES string of the molecule is COc1cc(NC(=O)C2CNCCO2)c(Br)cc1Br. The highest BCUT2D eigenvalue weighted by atomic mass is 79.9. The number of anilines is 1. The average Bonchev–Trinajstić information content (AvgIpc) is 2.42. The zero-order valence-electron chi connectivity index (χ0n) is 10.3. The van der Waals surface area contributed by atoms with Crippen LogP contribution in [0, 0.1) is 0 Å². The first kappa shape index (κ1) is 14.8. The second-order valence-corrected chi connectivity index (χ2v) is 5.73. The predicted octanol–water partition coefficient (Wildman–Crippen LogP) is 2.15. The Kier molecular flexibility index (Phi) is 5.20. The number of carbonyl (C=O) groups is 1. The third-order valence-corrected chi connectivity index (χ3v) is 4.00. The van der Waals surface area contributed by atoms with Crippen molar-refractivity contribution in [3.63, 3.8) is 0 Å². The van der Waals surface area contributed by atoms with Crippen LogP contribution in [0.1, 0.15) is 0 Å². The van der Waals surface area contributed by atoms with Gasteiger partial charge in [-0.25, -0.2) is 0 Å². The van der Waals surface area contributed by atoms with E-state index in [0.29, 0.717) is 24.6 Å². The first-order valence-corrected chi connectivity index (χ1v) is 7.36. The lowest BCUT2D eigenvalue weighted by atomic mass is 10.2. The molecule has 7 heteroatoms. The predicted molar refractivity (Wildman–Crippen MR) is 79.6 cm³/mol. The molecule has 19 heavy (non-hydrogen) atoms. The minimum absolute atomic E-state index is 0.169. The molecule has 5 nitrogen and oxygen atoms in total. The summed E-state index contributed by atoms with van der Waals surface area (Å²) in [6.07, 6.45) is -0.463. The third-order valence-electron chi connectivity index (χ3n) is 2.72. The van der Waals surface area contributed by atoms with Gasteiger partial charge in [-0.05, 0) is 37.9 Å². The van der Waals surface area contributed by atoms with Gasteiger partial charge in [0.1, 0.15) is 11.9 Å². The van der Waals surface area contributed by atoms with E-state index in [4.69, 9.17) is 9.47 Å². The lowest BCUT2D eigenvalue weighted by molar-refractivity contribution is -0.128. The number of rotatable bonds is 3. The number of amides is 1. The van der Waals surface area contributed by atoms with Crippen LogP contribution in [0.25, 0.3) is 0 Å². The van der Waals surface area contributed by atoms with Crippen molar-refractivity contribution in [2.24, 2.45) is 0 Å². The van der Waals surface area contributed by atoms with Crippen molar-refractivity contribution in [1.29, 1.82) is 0 Å². The first-order chi connectivity index (χ1) is 9.11. The van der Waals surface area contributed by atoms with E-state index in [1.165, 1.54) is 0 Å². The zero-order chi connectivity index (χ0) is 13.8. The van der Waals surface area contributed by atoms with Crippen LogP contribution in [-0.4, -0.2) is 38.8 Å². The summed E-state index contributed by atoms with van der Waals surface area (Å²) in [7, 11) is 1.58. The fraction of sp³-hybridized carbons (Fsp3) is 0.417. The van der Waals surface area contributed by atoms with Gasteiger partial charge >= 0.3 is 0 Å². The molecule has 1 fully saturated rings. The molecule has 1 atom stereocenters. The maximum atomic E-state index is 12.1. The fourth-order valence-electron chi connectivity index (χ4n) is 1.73. The Balaban J connectivity index is 2.11. The van der Waals surface area contributed by atoms with Crippen LogP contribution in [0.5, 0.6) is 5.75 Å². The summed E-state index contributed by atoms with van der Waals surface area (Å²) in [5.41, 5.74) is 0.652. The normalized spacial score (nSPS) is 19.0. The molecular formula is C12H14Br2N2O3. The molecule has 1 saturated heterocycles. The fourth-order valence-corrected chi connectivity index (χ4v) is 2.98. The second kappa shape index (κ2) is 6.69. The van der Waals surface area contributed by atoms with Gasteiger partial charge in [-0.1, -0.05) is 0 Å². The zero-order valence-corrected chi connectivity index (χ0v) is 13.5. The van der Waals surface area contributed by atoms with E-state index >= 15 is 0 Å². The highest BCUT2D eigenvalue weighted by molar-refractivity contribution is 9.11. The van der Waals surface area contributed by atoms with Gasteiger partial charge in [-0.3, -0.25) is 4.79 Å². The number of nitrogens with one attached hydrogen (secondary N) is 2. The van der Waals surface area contributed by atoms with Gasteiger partial charge in [0, 0.05) is 23.6 Å². The maximum Gasteiger partial charge on any atom is 0.254 e. The van der Waals surface area contributed by atoms with Crippen LogP contribution < -0.4 is 15.4 Å². The number of hydrogen-bond donors (Lipinski definition) is 2. The van der Waals surface area contributed by atoms with Gasteiger partial charge in [0.15, 0.2) is 0 Å². The molecule has 0 aromatic heterocycles. The number of methoxy groups -OCH3 is 1.